The summed E-state index contributed by atoms with van der Waals surface area (Å²) in [4.78, 5) is 14.4. The van der Waals surface area contributed by atoms with Gasteiger partial charge in [0.05, 0.1) is 6.54 Å². The average Bonchev–Trinajstić information content (AvgIpc) is 3.18. The number of piperidine rings is 1. The molecule has 0 saturated carbocycles. The molecule has 2 heterocycles. The molecule has 0 unspecified atom stereocenters. The Morgan fingerprint density at radius 1 is 1.00 bits per heavy atom. The first-order valence-corrected chi connectivity index (χ1v) is 10.3. The van der Waals surface area contributed by atoms with E-state index in [1.54, 1.807) is 0 Å². The van der Waals surface area contributed by atoms with E-state index >= 15 is 0 Å². The van der Waals surface area contributed by atoms with E-state index in [1.807, 2.05) is 54.6 Å². The molecule has 1 fully saturated rings. The fourth-order valence-electron chi connectivity index (χ4n) is 3.19. The molecule has 0 spiro atoms. The molecule has 4 rings (SSSR count). The van der Waals surface area contributed by atoms with Gasteiger partial charge in [0, 0.05) is 5.56 Å². The number of para-hydroxylation sites is 1. The maximum Gasteiger partial charge on any atom is 0.240 e. The minimum atomic E-state index is -0.0363. The van der Waals surface area contributed by atoms with E-state index in [-0.39, 0.29) is 5.91 Å². The van der Waals surface area contributed by atoms with Crippen LogP contribution in [0.25, 0.3) is 10.6 Å². The second-order valence-electron chi connectivity index (χ2n) is 6.74. The molecule has 1 N–H and O–H groups in total. The van der Waals surface area contributed by atoms with Crippen LogP contribution in [0.4, 0.5) is 5.13 Å². The van der Waals surface area contributed by atoms with Gasteiger partial charge in [0.1, 0.15) is 16.5 Å². The van der Waals surface area contributed by atoms with Gasteiger partial charge in [-0.2, -0.15) is 0 Å². The standard InChI is InChI=1S/C21H22N4O2S/c26-19(15-25-12-5-2-6-13-25)22-21-24-23-20(28-21)16-8-7-11-18(14-16)27-17-9-3-1-4-10-17/h1,3-4,7-11,14H,2,5-6,12-13,15H2,(H,22,24,26). The zero-order valence-corrected chi connectivity index (χ0v) is 16.3. The van der Waals surface area contributed by atoms with Crippen LogP contribution < -0.4 is 10.1 Å². The van der Waals surface area contributed by atoms with Crippen molar-refractivity contribution in [2.45, 2.75) is 19.3 Å². The van der Waals surface area contributed by atoms with Gasteiger partial charge >= 0.3 is 0 Å². The highest BCUT2D eigenvalue weighted by Crippen LogP contribution is 2.30. The lowest BCUT2D eigenvalue weighted by Crippen LogP contribution is -2.36. The van der Waals surface area contributed by atoms with Crippen LogP contribution in [-0.4, -0.2) is 40.6 Å². The second kappa shape index (κ2) is 8.95. The minimum absolute atomic E-state index is 0.0363. The number of nitrogens with one attached hydrogen (secondary N) is 1. The summed E-state index contributed by atoms with van der Waals surface area (Å²) >= 11 is 1.36. The Balaban J connectivity index is 1.39. The number of carbonyl (C=O) groups excluding carboxylic acids is 1. The number of aromatic nitrogens is 2. The molecule has 1 saturated heterocycles. The smallest absolute Gasteiger partial charge is 0.240 e. The second-order valence-corrected chi connectivity index (χ2v) is 7.72. The van der Waals surface area contributed by atoms with Crippen LogP contribution in [0.3, 0.4) is 0 Å². The summed E-state index contributed by atoms with van der Waals surface area (Å²) in [5.74, 6) is 1.47. The molecule has 0 aliphatic carbocycles. The summed E-state index contributed by atoms with van der Waals surface area (Å²) < 4.78 is 5.88. The first kappa shape index (κ1) is 18.6. The van der Waals surface area contributed by atoms with E-state index in [0.717, 1.165) is 48.0 Å². The van der Waals surface area contributed by atoms with Crippen LogP contribution >= 0.6 is 11.3 Å². The first-order chi connectivity index (χ1) is 13.8. The van der Waals surface area contributed by atoms with Gasteiger partial charge < -0.3 is 4.74 Å². The Morgan fingerprint density at radius 2 is 1.79 bits per heavy atom. The summed E-state index contributed by atoms with van der Waals surface area (Å²) in [6, 6.07) is 17.3. The van der Waals surface area contributed by atoms with Crippen molar-refractivity contribution in [1.82, 2.24) is 15.1 Å². The fraction of sp³-hybridized carbons (Fsp3) is 0.286. The van der Waals surface area contributed by atoms with Crippen LogP contribution in [-0.2, 0) is 4.79 Å². The molecule has 1 aliphatic rings. The normalized spacial score (nSPS) is 14.6. The molecule has 2 aromatic carbocycles. The number of anilines is 1. The molecule has 3 aromatic rings. The van der Waals surface area contributed by atoms with Crippen LogP contribution in [0.5, 0.6) is 11.5 Å². The molecule has 28 heavy (non-hydrogen) atoms. The quantitative estimate of drug-likeness (QED) is 0.670. The Morgan fingerprint density at radius 3 is 2.61 bits per heavy atom. The predicted molar refractivity (Wildman–Crippen MR) is 111 cm³/mol. The summed E-state index contributed by atoms with van der Waals surface area (Å²) in [5, 5.41) is 12.5. The number of ether oxygens (including phenoxy) is 1. The number of rotatable bonds is 6. The molecular weight excluding hydrogens is 372 g/mol. The van der Waals surface area contributed by atoms with Crippen LogP contribution in [0.15, 0.2) is 54.6 Å². The van der Waals surface area contributed by atoms with E-state index in [9.17, 15) is 4.79 Å². The Kier molecular flexibility index (Phi) is 5.94. The molecule has 1 aromatic heterocycles. The number of amides is 1. The van der Waals surface area contributed by atoms with Crippen molar-refractivity contribution >= 4 is 22.4 Å². The van der Waals surface area contributed by atoms with Crippen molar-refractivity contribution in [1.29, 1.82) is 0 Å². The maximum absolute atomic E-state index is 12.2. The van der Waals surface area contributed by atoms with Crippen molar-refractivity contribution in [3.05, 3.63) is 54.6 Å². The molecule has 0 bridgehead atoms. The number of carbonyl (C=O) groups is 1. The van der Waals surface area contributed by atoms with Gasteiger partial charge in [-0.1, -0.05) is 48.1 Å². The lowest BCUT2D eigenvalue weighted by Gasteiger charge is -2.25. The van der Waals surface area contributed by atoms with Gasteiger partial charge in [0.25, 0.3) is 0 Å². The van der Waals surface area contributed by atoms with Gasteiger partial charge in [-0.05, 0) is 50.2 Å². The largest absolute Gasteiger partial charge is 0.457 e. The first-order valence-electron chi connectivity index (χ1n) is 9.45. The summed E-state index contributed by atoms with van der Waals surface area (Å²) in [7, 11) is 0. The minimum Gasteiger partial charge on any atom is -0.457 e. The van der Waals surface area contributed by atoms with E-state index in [0.29, 0.717) is 11.7 Å². The van der Waals surface area contributed by atoms with Gasteiger partial charge in [-0.3, -0.25) is 15.0 Å². The Labute approximate surface area is 168 Å². The van der Waals surface area contributed by atoms with Gasteiger partial charge in [0.2, 0.25) is 11.0 Å². The molecule has 144 valence electrons. The molecule has 7 heteroatoms. The van der Waals surface area contributed by atoms with Gasteiger partial charge in [-0.25, -0.2) is 0 Å². The highest BCUT2D eigenvalue weighted by molar-refractivity contribution is 7.18. The summed E-state index contributed by atoms with van der Waals surface area (Å²) in [5.41, 5.74) is 0.905. The lowest BCUT2D eigenvalue weighted by molar-refractivity contribution is -0.117. The van der Waals surface area contributed by atoms with Crippen molar-refractivity contribution < 1.29 is 9.53 Å². The summed E-state index contributed by atoms with van der Waals surface area (Å²) in [6.45, 7) is 2.39. The fourth-order valence-corrected chi connectivity index (χ4v) is 3.94. The maximum atomic E-state index is 12.2. The van der Waals surface area contributed by atoms with E-state index in [1.165, 1.54) is 17.8 Å². The van der Waals surface area contributed by atoms with E-state index < -0.39 is 0 Å². The number of nitrogens with zero attached hydrogens (tertiary/aromatic N) is 3. The highest BCUT2D eigenvalue weighted by Gasteiger charge is 2.15. The van der Waals surface area contributed by atoms with Crippen LogP contribution in [0, 0.1) is 0 Å². The van der Waals surface area contributed by atoms with E-state index in [4.69, 9.17) is 4.74 Å². The third kappa shape index (κ3) is 4.94. The third-order valence-electron chi connectivity index (χ3n) is 4.55. The average molecular weight is 395 g/mol. The Hall–Kier alpha value is -2.77. The summed E-state index contributed by atoms with van der Waals surface area (Å²) in [6.07, 6.45) is 3.58. The number of benzene rings is 2. The van der Waals surface area contributed by atoms with Crippen LogP contribution in [0.2, 0.25) is 0 Å². The number of likely N-dealkylation sites (tertiary alicyclic amines) is 1. The van der Waals surface area contributed by atoms with E-state index in [2.05, 4.69) is 20.4 Å². The molecule has 0 radical (unpaired) electrons. The highest BCUT2D eigenvalue weighted by atomic mass is 32.1. The predicted octanol–water partition coefficient (Wildman–Crippen LogP) is 4.42. The lowest BCUT2D eigenvalue weighted by atomic mass is 10.1. The molecule has 6 nitrogen and oxygen atoms in total. The number of hydrogen-bond acceptors (Lipinski definition) is 6. The Bertz CT molecular complexity index is 923. The van der Waals surface area contributed by atoms with Crippen molar-refractivity contribution in [3.63, 3.8) is 0 Å². The van der Waals surface area contributed by atoms with Gasteiger partial charge in [-0.15, -0.1) is 10.2 Å². The molecule has 1 amide bonds. The number of hydrogen-bond donors (Lipinski definition) is 1. The zero-order chi connectivity index (χ0) is 19.2. The monoisotopic (exact) mass is 394 g/mol. The topological polar surface area (TPSA) is 67.4 Å². The zero-order valence-electron chi connectivity index (χ0n) is 15.5. The van der Waals surface area contributed by atoms with Crippen molar-refractivity contribution in [3.8, 4) is 22.1 Å². The molecule has 0 atom stereocenters. The SMILES string of the molecule is O=C(CN1CCCCC1)Nc1nnc(-c2cccc(Oc3ccccc3)c2)s1. The van der Waals surface area contributed by atoms with Crippen molar-refractivity contribution in [2.75, 3.05) is 25.0 Å². The van der Waals surface area contributed by atoms with Gasteiger partial charge in [0.15, 0.2) is 0 Å². The molecule has 1 aliphatic heterocycles. The van der Waals surface area contributed by atoms with Crippen LogP contribution in [0.1, 0.15) is 19.3 Å². The third-order valence-corrected chi connectivity index (χ3v) is 5.43. The van der Waals surface area contributed by atoms with Crippen molar-refractivity contribution in [2.24, 2.45) is 0 Å². The molecular formula is C21H22N4O2S.